The number of fused-ring (bicyclic) bond motifs is 1. The number of aryl methyl sites for hydroxylation is 1. The second kappa shape index (κ2) is 11.7. The first-order valence-corrected chi connectivity index (χ1v) is 13.9. The Hall–Kier alpha value is -3.82. The Labute approximate surface area is 229 Å². The number of thioether (sulfide) groups is 2. The van der Waals surface area contributed by atoms with Crippen molar-refractivity contribution in [3.8, 4) is 0 Å². The van der Waals surface area contributed by atoms with Gasteiger partial charge in [0.25, 0.3) is 5.91 Å². The number of hydrogen-bond donors (Lipinski definition) is 1. The maximum Gasteiger partial charge on any atom is 0.356 e. The highest BCUT2D eigenvalue weighted by Crippen LogP contribution is 2.44. The zero-order valence-electron chi connectivity index (χ0n) is 20.5. The molecule has 2 amide bonds. The van der Waals surface area contributed by atoms with Gasteiger partial charge >= 0.3 is 5.97 Å². The number of β-lactam (4-membered cyclic amide) rings is 1. The SMILES string of the molecule is Cc1ccc(/C=C\SC2=C(C(=O)OC(c3ccccc3)c3ccccc3)N3C(=O)C(NC=O)[C@@H]3SC2)cn1. The van der Waals surface area contributed by atoms with Crippen LogP contribution in [-0.2, 0) is 19.1 Å². The van der Waals surface area contributed by atoms with Crippen molar-refractivity contribution in [3.63, 3.8) is 0 Å². The molecule has 0 bridgehead atoms. The molecular weight excluding hydrogens is 518 g/mol. The van der Waals surface area contributed by atoms with E-state index in [4.69, 9.17) is 4.74 Å². The van der Waals surface area contributed by atoms with E-state index in [9.17, 15) is 14.4 Å². The van der Waals surface area contributed by atoms with E-state index in [2.05, 4.69) is 10.3 Å². The van der Waals surface area contributed by atoms with Gasteiger partial charge in [0.1, 0.15) is 17.1 Å². The molecule has 192 valence electrons. The summed E-state index contributed by atoms with van der Waals surface area (Å²) in [6.07, 6.45) is 3.56. The summed E-state index contributed by atoms with van der Waals surface area (Å²) in [5, 5.41) is 4.09. The molecule has 0 saturated carbocycles. The number of carbonyl (C=O) groups is 3. The Morgan fingerprint density at radius 3 is 2.39 bits per heavy atom. The highest BCUT2D eigenvalue weighted by molar-refractivity contribution is 8.08. The Morgan fingerprint density at radius 2 is 1.79 bits per heavy atom. The van der Waals surface area contributed by atoms with E-state index >= 15 is 0 Å². The van der Waals surface area contributed by atoms with Crippen molar-refractivity contribution in [2.24, 2.45) is 0 Å². The Bertz CT molecular complexity index is 1340. The first kappa shape index (κ1) is 25.8. The normalized spacial score (nSPS) is 18.8. The van der Waals surface area contributed by atoms with Gasteiger partial charge in [0.15, 0.2) is 6.10 Å². The summed E-state index contributed by atoms with van der Waals surface area (Å²) in [5.41, 5.74) is 3.73. The van der Waals surface area contributed by atoms with Crippen LogP contribution in [0.25, 0.3) is 6.08 Å². The number of aromatic nitrogens is 1. The number of hydrogen-bond acceptors (Lipinski definition) is 7. The predicted molar refractivity (Wildman–Crippen MR) is 150 cm³/mol. The number of amides is 2. The number of esters is 1. The molecule has 0 radical (unpaired) electrons. The zero-order chi connectivity index (χ0) is 26.5. The third-order valence-electron chi connectivity index (χ3n) is 6.21. The number of nitrogens with one attached hydrogen (secondary N) is 1. The largest absolute Gasteiger partial charge is 0.448 e. The summed E-state index contributed by atoms with van der Waals surface area (Å²) in [6.45, 7) is 1.93. The van der Waals surface area contributed by atoms with Crippen LogP contribution in [0.2, 0.25) is 0 Å². The van der Waals surface area contributed by atoms with Crippen molar-refractivity contribution < 1.29 is 19.1 Å². The average Bonchev–Trinajstić information content (AvgIpc) is 2.96. The minimum Gasteiger partial charge on any atom is -0.448 e. The van der Waals surface area contributed by atoms with Crippen molar-refractivity contribution in [1.82, 2.24) is 15.2 Å². The number of pyridine rings is 1. The van der Waals surface area contributed by atoms with E-state index in [0.29, 0.717) is 17.1 Å². The van der Waals surface area contributed by atoms with Crippen molar-refractivity contribution in [1.29, 1.82) is 0 Å². The molecule has 1 fully saturated rings. The molecule has 5 rings (SSSR count). The summed E-state index contributed by atoms with van der Waals surface area (Å²) in [4.78, 5) is 44.4. The van der Waals surface area contributed by atoms with Gasteiger partial charge in [-0.3, -0.25) is 19.5 Å². The molecule has 1 unspecified atom stereocenters. The minimum atomic E-state index is -0.667. The summed E-state index contributed by atoms with van der Waals surface area (Å²) in [6, 6.07) is 22.3. The Morgan fingerprint density at radius 1 is 1.11 bits per heavy atom. The molecule has 1 saturated heterocycles. The van der Waals surface area contributed by atoms with Crippen LogP contribution in [0.4, 0.5) is 0 Å². The molecule has 1 N–H and O–H groups in total. The molecule has 0 spiro atoms. The first-order chi connectivity index (χ1) is 18.6. The van der Waals surface area contributed by atoms with Crippen molar-refractivity contribution in [2.45, 2.75) is 24.4 Å². The lowest BCUT2D eigenvalue weighted by Gasteiger charge is -2.49. The lowest BCUT2D eigenvalue weighted by Crippen LogP contribution is -2.69. The molecule has 3 heterocycles. The maximum absolute atomic E-state index is 13.8. The summed E-state index contributed by atoms with van der Waals surface area (Å²) in [5.74, 6) is -0.417. The summed E-state index contributed by atoms with van der Waals surface area (Å²) in [7, 11) is 0. The van der Waals surface area contributed by atoms with Crippen molar-refractivity contribution in [3.05, 3.63) is 117 Å². The topological polar surface area (TPSA) is 88.6 Å². The maximum atomic E-state index is 13.8. The molecule has 1 aromatic heterocycles. The molecule has 2 aliphatic rings. The van der Waals surface area contributed by atoms with Gasteiger partial charge in [-0.05, 0) is 41.2 Å². The fraction of sp³-hybridized carbons (Fsp3) is 0.172. The van der Waals surface area contributed by atoms with Gasteiger partial charge in [0.2, 0.25) is 6.41 Å². The fourth-order valence-electron chi connectivity index (χ4n) is 4.28. The quantitative estimate of drug-likeness (QED) is 0.238. The van der Waals surface area contributed by atoms with E-state index in [1.165, 1.54) is 28.4 Å². The molecule has 0 aliphatic carbocycles. The van der Waals surface area contributed by atoms with Gasteiger partial charge in [-0.25, -0.2) is 4.79 Å². The number of nitrogens with zero attached hydrogens (tertiary/aromatic N) is 2. The molecule has 9 heteroatoms. The van der Waals surface area contributed by atoms with Crippen molar-refractivity contribution >= 4 is 47.9 Å². The smallest absolute Gasteiger partial charge is 0.356 e. The Kier molecular flexibility index (Phi) is 7.95. The molecular formula is C29H25N3O4S2. The van der Waals surface area contributed by atoms with Gasteiger partial charge < -0.3 is 10.1 Å². The lowest BCUT2D eigenvalue weighted by atomic mass is 10.0. The van der Waals surface area contributed by atoms with Crippen molar-refractivity contribution in [2.75, 3.05) is 5.75 Å². The summed E-state index contributed by atoms with van der Waals surface area (Å²) < 4.78 is 6.13. The Balaban J connectivity index is 1.46. The van der Waals surface area contributed by atoms with E-state index in [-0.39, 0.29) is 17.0 Å². The lowest BCUT2D eigenvalue weighted by molar-refractivity contribution is -0.154. The third-order valence-corrected chi connectivity index (χ3v) is 8.57. The number of ether oxygens (including phenoxy) is 1. The van der Waals surface area contributed by atoms with Gasteiger partial charge in [-0.2, -0.15) is 0 Å². The van der Waals surface area contributed by atoms with Crippen LogP contribution in [0.5, 0.6) is 0 Å². The molecule has 2 aromatic carbocycles. The van der Waals surface area contributed by atoms with Crippen LogP contribution >= 0.6 is 23.5 Å². The first-order valence-electron chi connectivity index (χ1n) is 12.0. The standard InChI is InChI=1S/C29H25N3O4S2/c1-19-12-13-20(16-30-19)14-15-37-23-17-38-28-24(31-18-33)27(34)32(28)25(23)29(35)36-26(21-8-4-2-5-9-21)22-10-6-3-7-11-22/h2-16,18,24,26,28H,17H2,1H3,(H,31,33)/b15-14-/t24?,28-/m0/s1. The van der Waals surface area contributed by atoms with E-state index in [1.54, 1.807) is 6.20 Å². The van der Waals surface area contributed by atoms with E-state index < -0.39 is 18.1 Å². The van der Waals surface area contributed by atoms with Gasteiger partial charge in [-0.1, -0.05) is 78.5 Å². The van der Waals surface area contributed by atoms with Gasteiger partial charge in [-0.15, -0.1) is 11.8 Å². The molecule has 2 atom stereocenters. The monoisotopic (exact) mass is 543 g/mol. The molecule has 2 aliphatic heterocycles. The number of rotatable bonds is 9. The van der Waals surface area contributed by atoms with Crippen LogP contribution in [0.3, 0.4) is 0 Å². The average molecular weight is 544 g/mol. The van der Waals surface area contributed by atoms with E-state index in [0.717, 1.165) is 22.4 Å². The van der Waals surface area contributed by atoms with Crippen LogP contribution in [0.1, 0.15) is 28.5 Å². The van der Waals surface area contributed by atoms with Gasteiger partial charge in [0.05, 0.1) is 0 Å². The second-order valence-electron chi connectivity index (χ2n) is 8.70. The molecule has 7 nitrogen and oxygen atoms in total. The van der Waals surface area contributed by atoms with Crippen LogP contribution < -0.4 is 5.32 Å². The predicted octanol–water partition coefficient (Wildman–Crippen LogP) is 4.67. The summed E-state index contributed by atoms with van der Waals surface area (Å²) >= 11 is 2.88. The minimum absolute atomic E-state index is 0.219. The van der Waals surface area contributed by atoms with Crippen LogP contribution in [0.15, 0.2) is 95.0 Å². The second-order valence-corrected chi connectivity index (χ2v) is 10.8. The van der Waals surface area contributed by atoms with Gasteiger partial charge in [0, 0.05) is 22.5 Å². The van der Waals surface area contributed by atoms with Crippen LogP contribution in [-0.4, -0.2) is 45.3 Å². The highest BCUT2D eigenvalue weighted by atomic mass is 32.2. The highest BCUT2D eigenvalue weighted by Gasteiger charge is 2.54. The number of carbonyl (C=O) groups excluding carboxylic acids is 3. The molecule has 3 aromatic rings. The van der Waals surface area contributed by atoms with E-state index in [1.807, 2.05) is 91.2 Å². The molecule has 38 heavy (non-hydrogen) atoms. The van der Waals surface area contributed by atoms with Crippen LogP contribution in [0, 0.1) is 6.92 Å². The zero-order valence-corrected chi connectivity index (χ0v) is 22.2. The third kappa shape index (κ3) is 5.39. The number of benzene rings is 2. The fourth-order valence-corrected chi connectivity index (χ4v) is 6.65.